The van der Waals surface area contributed by atoms with E-state index in [-0.39, 0.29) is 17.7 Å². The molecule has 0 bridgehead atoms. The number of carbonyl (C=O) groups is 1. The first kappa shape index (κ1) is 27.7. The SMILES string of the molecule is CCCN1CCN(c2cncc(-c3cn(-c4cc(CC(=O)c5cc(C)n(C(C)(C)C)n5)ccc4C)nn3)c2)CC1. The van der Waals surface area contributed by atoms with Crippen molar-refractivity contribution in [2.75, 3.05) is 37.6 Å². The topological polar surface area (TPSA) is 85.0 Å². The van der Waals surface area contributed by atoms with Gasteiger partial charge in [-0.3, -0.25) is 19.4 Å². The van der Waals surface area contributed by atoms with Gasteiger partial charge in [-0.05, 0) is 76.9 Å². The molecule has 1 fully saturated rings. The Labute approximate surface area is 236 Å². The van der Waals surface area contributed by atoms with E-state index < -0.39 is 0 Å². The van der Waals surface area contributed by atoms with E-state index in [0.717, 1.165) is 72.2 Å². The zero-order chi connectivity index (χ0) is 28.4. The van der Waals surface area contributed by atoms with Gasteiger partial charge < -0.3 is 4.90 Å². The zero-order valence-electron chi connectivity index (χ0n) is 24.6. The minimum Gasteiger partial charge on any atom is -0.368 e. The van der Waals surface area contributed by atoms with Crippen LogP contribution in [0.2, 0.25) is 0 Å². The van der Waals surface area contributed by atoms with Crippen molar-refractivity contribution in [2.45, 2.75) is 59.9 Å². The molecule has 4 aromatic rings. The number of hydrogen-bond donors (Lipinski definition) is 0. The van der Waals surface area contributed by atoms with Crippen molar-refractivity contribution in [3.05, 3.63) is 71.4 Å². The van der Waals surface area contributed by atoms with Crippen molar-refractivity contribution >= 4 is 11.5 Å². The standard InChI is InChI=1S/C31H40N8O/c1-7-10-36-11-13-37(14-12-36)26-18-25(19-32-20-26)28-21-38(35-33-28)29-16-24(9-8-22(29)2)17-30(40)27-15-23(3)39(34-27)31(4,5)6/h8-9,15-16,18-21H,7,10-14,17H2,1-6H3. The third-order valence-corrected chi connectivity index (χ3v) is 7.48. The lowest BCUT2D eigenvalue weighted by atomic mass is 10.0. The van der Waals surface area contributed by atoms with E-state index in [0.29, 0.717) is 5.69 Å². The summed E-state index contributed by atoms with van der Waals surface area (Å²) in [5.74, 6) is -0.00130. The highest BCUT2D eigenvalue weighted by Crippen LogP contribution is 2.25. The van der Waals surface area contributed by atoms with Crippen molar-refractivity contribution in [1.29, 1.82) is 0 Å². The molecule has 210 valence electrons. The molecule has 40 heavy (non-hydrogen) atoms. The molecular formula is C31H40N8O. The maximum atomic E-state index is 13.1. The number of pyridine rings is 1. The maximum absolute atomic E-state index is 13.1. The fourth-order valence-corrected chi connectivity index (χ4v) is 5.38. The van der Waals surface area contributed by atoms with Crippen molar-refractivity contribution in [3.63, 3.8) is 0 Å². The van der Waals surface area contributed by atoms with Crippen LogP contribution < -0.4 is 4.90 Å². The lowest BCUT2D eigenvalue weighted by molar-refractivity contribution is 0.0986. The van der Waals surface area contributed by atoms with E-state index in [2.05, 4.69) is 64.0 Å². The first-order valence-electron chi connectivity index (χ1n) is 14.2. The van der Waals surface area contributed by atoms with Gasteiger partial charge in [-0.1, -0.05) is 24.3 Å². The molecule has 1 aliphatic heterocycles. The molecule has 0 saturated carbocycles. The average molecular weight is 541 g/mol. The number of anilines is 1. The minimum atomic E-state index is -0.177. The van der Waals surface area contributed by atoms with Crippen LogP contribution >= 0.6 is 0 Å². The summed E-state index contributed by atoms with van der Waals surface area (Å²) >= 11 is 0. The summed E-state index contributed by atoms with van der Waals surface area (Å²) in [6.45, 7) is 17.8. The van der Waals surface area contributed by atoms with E-state index in [4.69, 9.17) is 0 Å². The molecule has 0 spiro atoms. The molecule has 9 nitrogen and oxygen atoms in total. The molecule has 1 saturated heterocycles. The molecule has 3 aromatic heterocycles. The summed E-state index contributed by atoms with van der Waals surface area (Å²) in [6, 6.07) is 10.1. The number of rotatable bonds is 8. The van der Waals surface area contributed by atoms with Gasteiger partial charge in [0.15, 0.2) is 5.78 Å². The minimum absolute atomic E-state index is 0.00130. The number of benzene rings is 1. The highest BCUT2D eigenvalue weighted by molar-refractivity contribution is 5.96. The van der Waals surface area contributed by atoms with Crippen LogP contribution in [0, 0.1) is 13.8 Å². The monoisotopic (exact) mass is 540 g/mol. The molecule has 1 aliphatic rings. The van der Waals surface area contributed by atoms with Crippen LogP contribution in [0.1, 0.15) is 61.4 Å². The Kier molecular flexibility index (Phi) is 7.85. The number of aryl methyl sites for hydroxylation is 2. The Morgan fingerprint density at radius 2 is 1.77 bits per heavy atom. The van der Waals surface area contributed by atoms with Crippen LogP contribution in [0.15, 0.2) is 48.9 Å². The quantitative estimate of drug-likeness (QED) is 0.295. The number of Topliss-reactive ketones (excluding diaryl/α,β-unsaturated/α-hetero) is 1. The largest absolute Gasteiger partial charge is 0.368 e. The molecule has 0 atom stereocenters. The van der Waals surface area contributed by atoms with Crippen molar-refractivity contribution in [1.82, 2.24) is 34.7 Å². The fourth-order valence-electron chi connectivity index (χ4n) is 5.38. The predicted molar refractivity (Wildman–Crippen MR) is 158 cm³/mol. The number of nitrogens with zero attached hydrogens (tertiary/aromatic N) is 8. The Balaban J connectivity index is 1.32. The van der Waals surface area contributed by atoms with Gasteiger partial charge in [-0.2, -0.15) is 5.10 Å². The van der Waals surface area contributed by atoms with E-state index in [1.165, 1.54) is 6.42 Å². The van der Waals surface area contributed by atoms with E-state index in [1.807, 2.05) is 61.4 Å². The number of piperazine rings is 1. The average Bonchev–Trinajstić information content (AvgIpc) is 3.58. The first-order valence-corrected chi connectivity index (χ1v) is 14.2. The smallest absolute Gasteiger partial charge is 0.187 e. The van der Waals surface area contributed by atoms with Gasteiger partial charge in [0.1, 0.15) is 11.4 Å². The molecule has 0 amide bonds. The Morgan fingerprint density at radius 3 is 2.48 bits per heavy atom. The lowest BCUT2D eigenvalue weighted by Gasteiger charge is -2.35. The summed E-state index contributed by atoms with van der Waals surface area (Å²) in [4.78, 5) is 22.5. The van der Waals surface area contributed by atoms with Crippen molar-refractivity contribution in [2.24, 2.45) is 0 Å². The van der Waals surface area contributed by atoms with E-state index >= 15 is 0 Å². The second-order valence-electron chi connectivity index (χ2n) is 11.8. The Morgan fingerprint density at radius 1 is 1.00 bits per heavy atom. The lowest BCUT2D eigenvalue weighted by Crippen LogP contribution is -2.46. The summed E-state index contributed by atoms with van der Waals surface area (Å²) in [5, 5.41) is 13.5. The molecule has 0 radical (unpaired) electrons. The summed E-state index contributed by atoms with van der Waals surface area (Å²) in [6.07, 6.45) is 7.16. The second kappa shape index (κ2) is 11.3. The highest BCUT2D eigenvalue weighted by atomic mass is 16.1. The Hall–Kier alpha value is -3.85. The zero-order valence-corrected chi connectivity index (χ0v) is 24.6. The van der Waals surface area contributed by atoms with Crippen LogP contribution in [0.5, 0.6) is 0 Å². The second-order valence-corrected chi connectivity index (χ2v) is 11.8. The number of aromatic nitrogens is 6. The molecule has 4 heterocycles. The van der Waals surface area contributed by atoms with Crippen molar-refractivity contribution < 1.29 is 4.79 Å². The van der Waals surface area contributed by atoms with Crippen LogP contribution in [0.4, 0.5) is 5.69 Å². The normalized spacial score (nSPS) is 14.6. The van der Waals surface area contributed by atoms with Gasteiger partial charge in [0.25, 0.3) is 0 Å². The number of ketones is 1. The number of hydrogen-bond acceptors (Lipinski definition) is 7. The first-order chi connectivity index (χ1) is 19.1. The van der Waals surface area contributed by atoms with Gasteiger partial charge in [0.05, 0.1) is 29.3 Å². The molecule has 0 N–H and O–H groups in total. The third kappa shape index (κ3) is 5.99. The van der Waals surface area contributed by atoms with Gasteiger partial charge in [-0.25, -0.2) is 4.68 Å². The predicted octanol–water partition coefficient (Wildman–Crippen LogP) is 4.86. The summed E-state index contributed by atoms with van der Waals surface area (Å²) in [5.41, 5.74) is 6.99. The van der Waals surface area contributed by atoms with E-state index in [9.17, 15) is 4.79 Å². The molecule has 9 heteroatoms. The Bertz CT molecular complexity index is 1490. The number of carbonyl (C=O) groups excluding carboxylic acids is 1. The summed E-state index contributed by atoms with van der Waals surface area (Å²) in [7, 11) is 0. The molecule has 1 aromatic carbocycles. The summed E-state index contributed by atoms with van der Waals surface area (Å²) < 4.78 is 3.70. The van der Waals surface area contributed by atoms with Gasteiger partial charge in [0, 0.05) is 50.1 Å². The molecule has 0 unspecified atom stereocenters. The van der Waals surface area contributed by atoms with Crippen LogP contribution in [-0.2, 0) is 12.0 Å². The fraction of sp³-hybridized carbons (Fsp3) is 0.452. The van der Waals surface area contributed by atoms with Gasteiger partial charge in [-0.15, -0.1) is 5.10 Å². The highest BCUT2D eigenvalue weighted by Gasteiger charge is 2.21. The van der Waals surface area contributed by atoms with E-state index in [1.54, 1.807) is 4.68 Å². The maximum Gasteiger partial charge on any atom is 0.187 e. The van der Waals surface area contributed by atoms with Crippen LogP contribution in [0.25, 0.3) is 16.9 Å². The van der Waals surface area contributed by atoms with Gasteiger partial charge in [0.2, 0.25) is 0 Å². The van der Waals surface area contributed by atoms with Crippen LogP contribution in [-0.4, -0.2) is 73.2 Å². The molecular weight excluding hydrogens is 500 g/mol. The van der Waals surface area contributed by atoms with Crippen molar-refractivity contribution in [3.8, 4) is 16.9 Å². The third-order valence-electron chi connectivity index (χ3n) is 7.48. The molecule has 5 rings (SSSR count). The van der Waals surface area contributed by atoms with Crippen LogP contribution in [0.3, 0.4) is 0 Å². The van der Waals surface area contributed by atoms with Gasteiger partial charge >= 0.3 is 0 Å². The molecule has 0 aliphatic carbocycles.